The lowest BCUT2D eigenvalue weighted by atomic mass is 10.2. The van der Waals surface area contributed by atoms with E-state index in [1.807, 2.05) is 30.5 Å². The highest BCUT2D eigenvalue weighted by molar-refractivity contribution is 6.34. The number of hydrogen-bond acceptors (Lipinski definition) is 2. The van der Waals surface area contributed by atoms with Crippen LogP contribution in [0.3, 0.4) is 0 Å². The molecule has 5 heteroatoms. The Kier molecular flexibility index (Phi) is 3.16. The topological polar surface area (TPSA) is 49.0 Å². The molecule has 3 aromatic rings. The molecule has 0 aliphatic rings. The number of rotatable bonds is 2. The molecule has 1 N–H and O–H groups in total. The summed E-state index contributed by atoms with van der Waals surface area (Å²) in [7, 11) is 1.73. The number of hydrogen-bond donors (Lipinski definition) is 1. The summed E-state index contributed by atoms with van der Waals surface area (Å²) in [4.78, 5) is 21.0. The Labute approximate surface area is 121 Å². The van der Waals surface area contributed by atoms with Crippen molar-refractivity contribution in [2.75, 3.05) is 11.9 Å². The largest absolute Gasteiger partial charge is 0.361 e. The molecule has 0 radical (unpaired) electrons. The van der Waals surface area contributed by atoms with Crippen molar-refractivity contribution in [1.29, 1.82) is 0 Å². The van der Waals surface area contributed by atoms with Crippen LogP contribution in [0.1, 0.15) is 10.4 Å². The van der Waals surface area contributed by atoms with Gasteiger partial charge in [-0.25, -0.2) is 0 Å². The first-order valence-electron chi connectivity index (χ1n) is 6.11. The first kappa shape index (κ1) is 12.7. The normalized spacial score (nSPS) is 10.7. The molecule has 0 saturated carbocycles. The average molecular weight is 286 g/mol. The van der Waals surface area contributed by atoms with Gasteiger partial charge < -0.3 is 9.88 Å². The summed E-state index contributed by atoms with van der Waals surface area (Å²) < 4.78 is 0. The van der Waals surface area contributed by atoms with E-state index in [0.717, 1.165) is 16.6 Å². The molecule has 0 saturated heterocycles. The number of carbonyl (C=O) groups excluding carboxylic acids is 1. The number of fused-ring (bicyclic) bond motifs is 1. The summed E-state index contributed by atoms with van der Waals surface area (Å²) in [5, 5.41) is 1.41. The van der Waals surface area contributed by atoms with Crippen LogP contribution in [0.5, 0.6) is 0 Å². The number of H-pyrrole nitrogens is 1. The molecule has 20 heavy (non-hydrogen) atoms. The maximum absolute atomic E-state index is 12.4. The van der Waals surface area contributed by atoms with Crippen molar-refractivity contribution >= 4 is 34.1 Å². The van der Waals surface area contributed by atoms with Gasteiger partial charge in [-0.3, -0.25) is 9.78 Å². The summed E-state index contributed by atoms with van der Waals surface area (Å²) >= 11 is 6.01. The molecule has 1 amide bonds. The van der Waals surface area contributed by atoms with Crippen molar-refractivity contribution in [3.05, 3.63) is 59.5 Å². The zero-order valence-electron chi connectivity index (χ0n) is 10.8. The van der Waals surface area contributed by atoms with Gasteiger partial charge in [0, 0.05) is 42.2 Å². The van der Waals surface area contributed by atoms with Gasteiger partial charge in [0.25, 0.3) is 5.91 Å². The van der Waals surface area contributed by atoms with Crippen LogP contribution in [0.25, 0.3) is 10.9 Å². The van der Waals surface area contributed by atoms with E-state index in [4.69, 9.17) is 11.6 Å². The molecule has 0 unspecified atom stereocenters. The number of anilines is 1. The van der Waals surface area contributed by atoms with E-state index in [1.165, 1.54) is 6.20 Å². The highest BCUT2D eigenvalue weighted by Crippen LogP contribution is 2.23. The van der Waals surface area contributed by atoms with Crippen LogP contribution in [0.4, 0.5) is 5.69 Å². The summed E-state index contributed by atoms with van der Waals surface area (Å²) in [6, 6.07) is 9.39. The van der Waals surface area contributed by atoms with Gasteiger partial charge in [0.05, 0.1) is 10.6 Å². The van der Waals surface area contributed by atoms with Gasteiger partial charge in [0.15, 0.2) is 0 Å². The Balaban J connectivity index is 1.97. The van der Waals surface area contributed by atoms with Gasteiger partial charge in [-0.15, -0.1) is 0 Å². The van der Waals surface area contributed by atoms with Crippen LogP contribution in [0.2, 0.25) is 5.02 Å². The molecular formula is C15H12ClN3O. The SMILES string of the molecule is CN(C(=O)c1ccncc1Cl)c1ccc2[nH]ccc2c1. The molecule has 0 atom stereocenters. The quantitative estimate of drug-likeness (QED) is 0.783. The zero-order chi connectivity index (χ0) is 14.1. The molecule has 0 aliphatic carbocycles. The van der Waals surface area contributed by atoms with Gasteiger partial charge in [-0.1, -0.05) is 11.6 Å². The predicted molar refractivity (Wildman–Crippen MR) is 80.3 cm³/mol. The van der Waals surface area contributed by atoms with Crippen molar-refractivity contribution in [3.8, 4) is 0 Å². The van der Waals surface area contributed by atoms with Crippen LogP contribution >= 0.6 is 11.6 Å². The number of aromatic nitrogens is 2. The monoisotopic (exact) mass is 285 g/mol. The number of pyridine rings is 1. The number of nitrogens with zero attached hydrogens (tertiary/aromatic N) is 2. The maximum atomic E-state index is 12.4. The van der Waals surface area contributed by atoms with Gasteiger partial charge in [0.1, 0.15) is 0 Å². The standard InChI is InChI=1S/C15H12ClN3O/c1-19(15(20)12-5-6-17-9-13(12)16)11-2-3-14-10(8-11)4-7-18-14/h2-9,18H,1H3. The van der Waals surface area contributed by atoms with Crippen molar-refractivity contribution < 1.29 is 4.79 Å². The van der Waals surface area contributed by atoms with Crippen molar-refractivity contribution in [1.82, 2.24) is 9.97 Å². The van der Waals surface area contributed by atoms with Gasteiger partial charge >= 0.3 is 0 Å². The molecule has 100 valence electrons. The number of nitrogens with one attached hydrogen (secondary N) is 1. The molecule has 4 nitrogen and oxygen atoms in total. The lowest BCUT2D eigenvalue weighted by molar-refractivity contribution is 0.0993. The van der Waals surface area contributed by atoms with Crippen LogP contribution < -0.4 is 4.90 Å². The zero-order valence-corrected chi connectivity index (χ0v) is 11.6. The van der Waals surface area contributed by atoms with Crippen LogP contribution in [0.15, 0.2) is 48.9 Å². The maximum Gasteiger partial charge on any atom is 0.259 e. The Morgan fingerprint density at radius 3 is 2.95 bits per heavy atom. The third kappa shape index (κ3) is 2.14. The number of aromatic amines is 1. The van der Waals surface area contributed by atoms with E-state index in [1.54, 1.807) is 24.2 Å². The molecule has 0 bridgehead atoms. The fraction of sp³-hybridized carbons (Fsp3) is 0.0667. The van der Waals surface area contributed by atoms with E-state index in [9.17, 15) is 4.79 Å². The minimum absolute atomic E-state index is 0.160. The third-order valence-corrected chi connectivity index (χ3v) is 3.53. The first-order chi connectivity index (χ1) is 9.66. The van der Waals surface area contributed by atoms with E-state index >= 15 is 0 Å². The van der Waals surface area contributed by atoms with E-state index in [2.05, 4.69) is 9.97 Å². The number of carbonyl (C=O) groups is 1. The van der Waals surface area contributed by atoms with Crippen molar-refractivity contribution in [3.63, 3.8) is 0 Å². The smallest absolute Gasteiger partial charge is 0.259 e. The minimum Gasteiger partial charge on any atom is -0.361 e. The minimum atomic E-state index is -0.160. The van der Waals surface area contributed by atoms with Gasteiger partial charge in [-0.05, 0) is 30.3 Å². The van der Waals surface area contributed by atoms with Crippen LogP contribution in [0, 0.1) is 0 Å². The molecule has 3 rings (SSSR count). The summed E-state index contributed by atoms with van der Waals surface area (Å²) in [5.74, 6) is -0.160. The van der Waals surface area contributed by atoms with Crippen LogP contribution in [-0.2, 0) is 0 Å². The van der Waals surface area contributed by atoms with Crippen molar-refractivity contribution in [2.45, 2.75) is 0 Å². The molecular weight excluding hydrogens is 274 g/mol. The number of amides is 1. The lowest BCUT2D eigenvalue weighted by Crippen LogP contribution is -2.26. The molecule has 0 spiro atoms. The fourth-order valence-electron chi connectivity index (χ4n) is 2.10. The Bertz CT molecular complexity index is 781. The highest BCUT2D eigenvalue weighted by atomic mass is 35.5. The van der Waals surface area contributed by atoms with Crippen molar-refractivity contribution in [2.24, 2.45) is 0 Å². The summed E-state index contributed by atoms with van der Waals surface area (Å²) in [6.45, 7) is 0. The van der Waals surface area contributed by atoms with Gasteiger partial charge in [-0.2, -0.15) is 0 Å². The molecule has 2 heterocycles. The lowest BCUT2D eigenvalue weighted by Gasteiger charge is -2.18. The number of benzene rings is 1. The highest BCUT2D eigenvalue weighted by Gasteiger charge is 2.16. The Morgan fingerprint density at radius 1 is 1.30 bits per heavy atom. The molecule has 1 aromatic carbocycles. The van der Waals surface area contributed by atoms with E-state index in [-0.39, 0.29) is 5.91 Å². The number of halogens is 1. The summed E-state index contributed by atoms with van der Waals surface area (Å²) in [6.07, 6.45) is 4.90. The van der Waals surface area contributed by atoms with Gasteiger partial charge in [0.2, 0.25) is 0 Å². The second kappa shape index (κ2) is 4.98. The molecule has 0 aliphatic heterocycles. The third-order valence-electron chi connectivity index (χ3n) is 3.23. The predicted octanol–water partition coefficient (Wildman–Crippen LogP) is 3.49. The average Bonchev–Trinajstić information content (AvgIpc) is 2.93. The first-order valence-corrected chi connectivity index (χ1v) is 6.49. The molecule has 2 aromatic heterocycles. The molecule has 0 fully saturated rings. The van der Waals surface area contributed by atoms with E-state index < -0.39 is 0 Å². The van der Waals surface area contributed by atoms with E-state index in [0.29, 0.717) is 10.6 Å². The summed E-state index contributed by atoms with van der Waals surface area (Å²) in [5.41, 5.74) is 2.30. The second-order valence-electron chi connectivity index (χ2n) is 4.47. The second-order valence-corrected chi connectivity index (χ2v) is 4.88. The Hall–Kier alpha value is -2.33. The van der Waals surface area contributed by atoms with Crippen LogP contribution in [-0.4, -0.2) is 22.9 Å². The Morgan fingerprint density at radius 2 is 2.15 bits per heavy atom. The fourth-order valence-corrected chi connectivity index (χ4v) is 2.30.